The van der Waals surface area contributed by atoms with Crippen molar-refractivity contribution in [2.75, 3.05) is 7.11 Å². The number of hydrogen-bond donors (Lipinski definition) is 0. The van der Waals surface area contributed by atoms with E-state index in [1.807, 2.05) is 6.92 Å². The largest absolute Gasteiger partial charge is 0.480 e. The van der Waals surface area contributed by atoms with E-state index in [1.165, 1.54) is 24.6 Å². The summed E-state index contributed by atoms with van der Waals surface area (Å²) in [6.07, 6.45) is 4.73. The number of hydrogen-bond acceptors (Lipinski definition) is 7. The zero-order valence-electron chi connectivity index (χ0n) is 16.1. The van der Waals surface area contributed by atoms with E-state index in [4.69, 9.17) is 16.3 Å². The molecule has 9 heteroatoms. The Hall–Kier alpha value is -2.97. The van der Waals surface area contributed by atoms with Gasteiger partial charge in [0.2, 0.25) is 11.8 Å². The lowest BCUT2D eigenvalue weighted by atomic mass is 9.96. The third kappa shape index (κ3) is 4.01. The Bertz CT molecular complexity index is 1260. The number of methoxy groups -OCH3 is 1. The van der Waals surface area contributed by atoms with Gasteiger partial charge in [-0.15, -0.1) is 0 Å². The molecule has 0 amide bonds. The van der Waals surface area contributed by atoms with Gasteiger partial charge in [-0.2, -0.15) is 4.39 Å². The van der Waals surface area contributed by atoms with Crippen LogP contribution in [0, 0.1) is 12.9 Å². The van der Waals surface area contributed by atoms with Crippen LogP contribution in [0.5, 0.6) is 5.88 Å². The van der Waals surface area contributed by atoms with Gasteiger partial charge in [0.25, 0.3) is 0 Å². The first kappa shape index (κ1) is 20.3. The molecule has 0 unspecified atom stereocenters. The third-order valence-corrected chi connectivity index (χ3v) is 5.64. The highest BCUT2D eigenvalue weighted by molar-refractivity contribution is 7.18. The first-order chi connectivity index (χ1) is 14.5. The molecule has 30 heavy (non-hydrogen) atoms. The monoisotopic (exact) mass is 442 g/mol. The fourth-order valence-corrected chi connectivity index (χ4v) is 4.27. The minimum Gasteiger partial charge on any atom is -0.480 e. The topological polar surface area (TPSA) is 77.9 Å². The van der Waals surface area contributed by atoms with E-state index >= 15 is 0 Å². The molecule has 0 saturated carbocycles. The van der Waals surface area contributed by atoms with Crippen LogP contribution in [0.25, 0.3) is 21.5 Å². The van der Waals surface area contributed by atoms with Crippen LogP contribution in [0.1, 0.15) is 16.1 Å². The molecule has 0 bridgehead atoms. The number of aryl methyl sites for hydroxylation is 1. The Morgan fingerprint density at radius 2 is 2.07 bits per heavy atom. The summed E-state index contributed by atoms with van der Waals surface area (Å²) in [6.45, 7) is 1.86. The Labute approximate surface area is 180 Å². The molecule has 4 aromatic rings. The standard InChI is InChI=1S/C21H16ClFN4O2S/c1-11-27-18-17(15-4-3-5-24-19(15)23)13(10-26-21(18)30-11)8-14(28)6-12-7-16(22)20(29-2)25-9-12/h3-5,7,9-10H,6,8H2,1-2H3. The van der Waals surface area contributed by atoms with Gasteiger partial charge < -0.3 is 4.74 Å². The SMILES string of the molecule is COc1ncc(CC(=O)Cc2cnc3sc(C)nc3c2-c2cccnc2F)cc1Cl. The van der Waals surface area contributed by atoms with Crippen molar-refractivity contribution >= 4 is 39.1 Å². The Morgan fingerprint density at radius 3 is 2.80 bits per heavy atom. The van der Waals surface area contributed by atoms with Gasteiger partial charge in [-0.3, -0.25) is 4.79 Å². The molecule has 0 saturated heterocycles. The molecule has 0 spiro atoms. The molecular formula is C21H16ClFN4O2S. The lowest BCUT2D eigenvalue weighted by Gasteiger charge is -2.11. The van der Waals surface area contributed by atoms with Crippen molar-refractivity contribution < 1.29 is 13.9 Å². The number of aromatic nitrogens is 4. The van der Waals surface area contributed by atoms with E-state index in [1.54, 1.807) is 30.6 Å². The molecule has 0 aliphatic heterocycles. The second kappa shape index (κ2) is 8.41. The molecule has 0 N–H and O–H groups in total. The van der Waals surface area contributed by atoms with Crippen molar-refractivity contribution in [2.24, 2.45) is 0 Å². The summed E-state index contributed by atoms with van der Waals surface area (Å²) in [4.78, 5) is 30.3. The normalized spacial score (nSPS) is 11.1. The number of thiazole rings is 1. The molecule has 152 valence electrons. The molecule has 6 nitrogen and oxygen atoms in total. The zero-order valence-corrected chi connectivity index (χ0v) is 17.7. The molecule has 0 aliphatic carbocycles. The van der Waals surface area contributed by atoms with E-state index in [2.05, 4.69) is 19.9 Å². The van der Waals surface area contributed by atoms with Gasteiger partial charge in [-0.25, -0.2) is 19.9 Å². The van der Waals surface area contributed by atoms with Crippen LogP contribution < -0.4 is 4.74 Å². The first-order valence-electron chi connectivity index (χ1n) is 9.02. The predicted octanol–water partition coefficient (Wildman–Crippen LogP) is 4.61. The number of halogens is 2. The van der Waals surface area contributed by atoms with Crippen molar-refractivity contribution in [2.45, 2.75) is 19.8 Å². The van der Waals surface area contributed by atoms with E-state index in [9.17, 15) is 9.18 Å². The molecule has 4 heterocycles. The third-order valence-electron chi connectivity index (χ3n) is 4.49. The van der Waals surface area contributed by atoms with Gasteiger partial charge >= 0.3 is 0 Å². The highest BCUT2D eigenvalue weighted by Gasteiger charge is 2.20. The van der Waals surface area contributed by atoms with Gasteiger partial charge in [0.15, 0.2) is 0 Å². The van der Waals surface area contributed by atoms with Crippen molar-refractivity contribution in [1.29, 1.82) is 0 Å². The zero-order chi connectivity index (χ0) is 21.3. The van der Waals surface area contributed by atoms with Crippen LogP contribution >= 0.6 is 22.9 Å². The summed E-state index contributed by atoms with van der Waals surface area (Å²) in [7, 11) is 1.47. The predicted molar refractivity (Wildman–Crippen MR) is 114 cm³/mol. The van der Waals surface area contributed by atoms with Crippen molar-refractivity contribution in [3.8, 4) is 17.0 Å². The van der Waals surface area contributed by atoms with Crippen molar-refractivity contribution in [3.05, 3.63) is 63.9 Å². The summed E-state index contributed by atoms with van der Waals surface area (Å²) < 4.78 is 19.6. The molecule has 0 fully saturated rings. The number of rotatable bonds is 6. The maximum atomic E-state index is 14.5. The molecule has 0 atom stereocenters. The van der Waals surface area contributed by atoms with Gasteiger partial charge in [0.05, 0.1) is 12.1 Å². The number of nitrogens with zero attached hydrogens (tertiary/aromatic N) is 4. The molecule has 4 aromatic heterocycles. The molecule has 4 rings (SSSR count). The number of fused-ring (bicyclic) bond motifs is 1. The van der Waals surface area contributed by atoms with E-state index in [0.29, 0.717) is 43.5 Å². The Morgan fingerprint density at radius 1 is 1.23 bits per heavy atom. The van der Waals surface area contributed by atoms with Gasteiger partial charge in [0, 0.05) is 42.6 Å². The van der Waals surface area contributed by atoms with Crippen LogP contribution in [0.2, 0.25) is 5.02 Å². The van der Waals surface area contributed by atoms with E-state index < -0.39 is 5.95 Å². The minimum absolute atomic E-state index is 0.0623. The van der Waals surface area contributed by atoms with Crippen LogP contribution in [0.3, 0.4) is 0 Å². The van der Waals surface area contributed by atoms with Crippen LogP contribution in [-0.4, -0.2) is 32.8 Å². The van der Waals surface area contributed by atoms with Gasteiger partial charge in [0.1, 0.15) is 21.2 Å². The fourth-order valence-electron chi connectivity index (χ4n) is 3.24. The summed E-state index contributed by atoms with van der Waals surface area (Å²) in [6, 6.07) is 4.94. The van der Waals surface area contributed by atoms with Gasteiger partial charge in [-0.1, -0.05) is 22.9 Å². The van der Waals surface area contributed by atoms with Crippen molar-refractivity contribution in [3.63, 3.8) is 0 Å². The summed E-state index contributed by atoms with van der Waals surface area (Å²) in [5, 5.41) is 1.15. The summed E-state index contributed by atoms with van der Waals surface area (Å²) in [5.41, 5.74) is 2.68. The molecule has 0 aromatic carbocycles. The fraction of sp³-hybridized carbons (Fsp3) is 0.190. The lowest BCUT2D eigenvalue weighted by Crippen LogP contribution is -2.09. The van der Waals surface area contributed by atoms with Gasteiger partial charge in [-0.05, 0) is 36.2 Å². The summed E-state index contributed by atoms with van der Waals surface area (Å²) in [5.74, 6) is -0.400. The summed E-state index contributed by atoms with van der Waals surface area (Å²) >= 11 is 7.52. The second-order valence-electron chi connectivity index (χ2n) is 6.61. The number of carbonyl (C=O) groups is 1. The molecule has 0 radical (unpaired) electrons. The van der Waals surface area contributed by atoms with E-state index in [-0.39, 0.29) is 18.6 Å². The Kier molecular flexibility index (Phi) is 5.69. The second-order valence-corrected chi connectivity index (χ2v) is 8.20. The number of carbonyl (C=O) groups excluding carboxylic acids is 1. The maximum absolute atomic E-state index is 14.5. The van der Waals surface area contributed by atoms with Crippen LogP contribution in [-0.2, 0) is 17.6 Å². The molecular weight excluding hydrogens is 427 g/mol. The maximum Gasteiger partial charge on any atom is 0.232 e. The van der Waals surface area contributed by atoms with Crippen LogP contribution in [0.4, 0.5) is 4.39 Å². The highest BCUT2D eigenvalue weighted by atomic mass is 35.5. The minimum atomic E-state index is -0.615. The number of Topliss-reactive ketones (excluding diaryl/α,β-unsaturated/α-hetero) is 1. The van der Waals surface area contributed by atoms with E-state index in [0.717, 1.165) is 5.01 Å². The average Bonchev–Trinajstić information content (AvgIpc) is 3.09. The number of pyridine rings is 3. The Balaban J connectivity index is 1.70. The average molecular weight is 443 g/mol. The smallest absolute Gasteiger partial charge is 0.232 e. The molecule has 0 aliphatic rings. The highest BCUT2D eigenvalue weighted by Crippen LogP contribution is 2.34. The first-order valence-corrected chi connectivity index (χ1v) is 10.2. The van der Waals surface area contributed by atoms with Crippen molar-refractivity contribution in [1.82, 2.24) is 19.9 Å². The lowest BCUT2D eigenvalue weighted by molar-refractivity contribution is -0.117. The van der Waals surface area contributed by atoms with Crippen LogP contribution in [0.15, 0.2) is 36.8 Å². The number of ketones is 1. The number of ether oxygens (including phenoxy) is 1. The quantitative estimate of drug-likeness (QED) is 0.406.